The van der Waals surface area contributed by atoms with Gasteiger partial charge < -0.3 is 9.72 Å². The summed E-state index contributed by atoms with van der Waals surface area (Å²) in [6.07, 6.45) is 3.28. The van der Waals surface area contributed by atoms with Gasteiger partial charge in [-0.25, -0.2) is 4.98 Å². The molecule has 0 fully saturated rings. The second-order valence-corrected chi connectivity index (χ2v) is 5.38. The van der Waals surface area contributed by atoms with Crippen molar-refractivity contribution in [2.45, 2.75) is 0 Å². The van der Waals surface area contributed by atoms with Crippen molar-refractivity contribution in [1.29, 1.82) is 0 Å². The lowest BCUT2D eigenvalue weighted by Gasteiger charge is -2.07. The molecule has 0 spiro atoms. The number of ether oxygens (including phenoxy) is 1. The number of carbonyl (C=O) groups is 1. The molecular formula is C19H14N4O2. The first-order chi connectivity index (χ1) is 12.3. The van der Waals surface area contributed by atoms with Crippen LogP contribution in [0.15, 0.2) is 73.1 Å². The van der Waals surface area contributed by atoms with Gasteiger partial charge in [-0.05, 0) is 42.5 Å². The molecule has 0 aliphatic rings. The maximum atomic E-state index is 12.5. The molecular weight excluding hydrogens is 316 g/mol. The predicted molar refractivity (Wildman–Crippen MR) is 94.8 cm³/mol. The number of H-pyrrole nitrogens is 1. The van der Waals surface area contributed by atoms with E-state index in [-0.39, 0.29) is 5.91 Å². The fraction of sp³-hybridized carbons (Fsp3) is 0. The van der Waals surface area contributed by atoms with Gasteiger partial charge in [0.2, 0.25) is 5.95 Å². The van der Waals surface area contributed by atoms with E-state index in [0.717, 1.165) is 11.0 Å². The number of para-hydroxylation sites is 2. The van der Waals surface area contributed by atoms with Gasteiger partial charge in [-0.15, -0.1) is 0 Å². The summed E-state index contributed by atoms with van der Waals surface area (Å²) in [7, 11) is 0. The smallest absolute Gasteiger partial charge is 0.258 e. The molecule has 0 saturated carbocycles. The minimum Gasteiger partial charge on any atom is -0.456 e. The van der Waals surface area contributed by atoms with Crippen LogP contribution in [-0.4, -0.2) is 20.9 Å². The van der Waals surface area contributed by atoms with Gasteiger partial charge >= 0.3 is 0 Å². The van der Waals surface area contributed by atoms with E-state index in [1.807, 2.05) is 24.3 Å². The molecule has 4 rings (SSSR count). The molecule has 0 bridgehead atoms. The van der Waals surface area contributed by atoms with Gasteiger partial charge in [0.05, 0.1) is 17.2 Å². The number of fused-ring (bicyclic) bond motifs is 1. The Hall–Kier alpha value is -3.67. The highest BCUT2D eigenvalue weighted by molar-refractivity contribution is 6.04. The zero-order valence-corrected chi connectivity index (χ0v) is 13.1. The summed E-state index contributed by atoms with van der Waals surface area (Å²) >= 11 is 0. The van der Waals surface area contributed by atoms with E-state index in [1.165, 1.54) is 0 Å². The van der Waals surface area contributed by atoms with Crippen LogP contribution in [0.4, 0.5) is 5.95 Å². The number of hydrogen-bond donors (Lipinski definition) is 2. The van der Waals surface area contributed by atoms with Crippen LogP contribution >= 0.6 is 0 Å². The fourth-order valence-electron chi connectivity index (χ4n) is 2.44. The summed E-state index contributed by atoms with van der Waals surface area (Å²) in [5.74, 6) is 1.31. The van der Waals surface area contributed by atoms with Gasteiger partial charge in [0.1, 0.15) is 11.5 Å². The number of nitrogens with zero attached hydrogens (tertiary/aromatic N) is 2. The number of benzene rings is 2. The predicted octanol–water partition coefficient (Wildman–Crippen LogP) is 4.00. The van der Waals surface area contributed by atoms with Gasteiger partial charge in [-0.3, -0.25) is 15.1 Å². The van der Waals surface area contributed by atoms with E-state index >= 15 is 0 Å². The fourth-order valence-corrected chi connectivity index (χ4v) is 2.44. The van der Waals surface area contributed by atoms with Crippen LogP contribution in [0.25, 0.3) is 11.0 Å². The van der Waals surface area contributed by atoms with Crippen LogP contribution in [0.2, 0.25) is 0 Å². The molecule has 2 N–H and O–H groups in total. The van der Waals surface area contributed by atoms with Crippen molar-refractivity contribution >= 4 is 22.9 Å². The molecule has 2 aromatic carbocycles. The van der Waals surface area contributed by atoms with Crippen LogP contribution in [0.1, 0.15) is 10.4 Å². The highest BCUT2D eigenvalue weighted by Gasteiger charge is 2.10. The Balaban J connectivity index is 1.52. The minimum absolute atomic E-state index is 0.268. The molecule has 6 nitrogen and oxygen atoms in total. The number of carbonyl (C=O) groups excluding carboxylic acids is 1. The molecule has 0 unspecified atom stereocenters. The van der Waals surface area contributed by atoms with Gasteiger partial charge in [0, 0.05) is 11.8 Å². The monoisotopic (exact) mass is 330 g/mol. The van der Waals surface area contributed by atoms with Gasteiger partial charge in [0.25, 0.3) is 5.91 Å². The maximum absolute atomic E-state index is 12.5. The molecule has 0 aliphatic carbocycles. The molecule has 6 heteroatoms. The number of rotatable bonds is 4. The largest absolute Gasteiger partial charge is 0.456 e. The highest BCUT2D eigenvalue weighted by Crippen LogP contribution is 2.22. The lowest BCUT2D eigenvalue weighted by Crippen LogP contribution is -2.12. The Kier molecular flexibility index (Phi) is 3.84. The van der Waals surface area contributed by atoms with Crippen molar-refractivity contribution < 1.29 is 9.53 Å². The van der Waals surface area contributed by atoms with Crippen molar-refractivity contribution in [3.8, 4) is 11.5 Å². The molecule has 4 aromatic rings. The number of imidazole rings is 1. The minimum atomic E-state index is -0.268. The highest BCUT2D eigenvalue weighted by atomic mass is 16.5. The Morgan fingerprint density at radius 3 is 2.72 bits per heavy atom. The van der Waals surface area contributed by atoms with Crippen LogP contribution in [0, 0.1) is 0 Å². The number of aromatic nitrogens is 3. The first-order valence-electron chi connectivity index (χ1n) is 7.72. The lowest BCUT2D eigenvalue weighted by molar-refractivity contribution is 0.102. The number of hydrogen-bond acceptors (Lipinski definition) is 4. The zero-order valence-electron chi connectivity index (χ0n) is 13.1. The first kappa shape index (κ1) is 14.9. The normalized spacial score (nSPS) is 10.6. The Bertz CT molecular complexity index is 995. The van der Waals surface area contributed by atoms with Gasteiger partial charge in [-0.1, -0.05) is 18.2 Å². The van der Waals surface area contributed by atoms with E-state index in [0.29, 0.717) is 23.0 Å². The number of nitrogens with one attached hydrogen (secondary N) is 2. The molecule has 0 radical (unpaired) electrons. The maximum Gasteiger partial charge on any atom is 0.258 e. The van der Waals surface area contributed by atoms with Crippen molar-refractivity contribution in [3.63, 3.8) is 0 Å². The average Bonchev–Trinajstić information content (AvgIpc) is 3.05. The molecule has 122 valence electrons. The van der Waals surface area contributed by atoms with E-state index in [4.69, 9.17) is 4.74 Å². The van der Waals surface area contributed by atoms with Crippen molar-refractivity contribution in [2.24, 2.45) is 0 Å². The van der Waals surface area contributed by atoms with Crippen LogP contribution in [0.5, 0.6) is 11.5 Å². The van der Waals surface area contributed by atoms with E-state index in [1.54, 1.807) is 48.8 Å². The topological polar surface area (TPSA) is 79.9 Å². The number of amides is 1. The molecule has 2 heterocycles. The molecule has 0 aliphatic heterocycles. The summed E-state index contributed by atoms with van der Waals surface area (Å²) in [4.78, 5) is 23.9. The second-order valence-electron chi connectivity index (χ2n) is 5.38. The van der Waals surface area contributed by atoms with E-state index < -0.39 is 0 Å². The molecule has 2 aromatic heterocycles. The summed E-state index contributed by atoms with van der Waals surface area (Å²) in [5.41, 5.74) is 2.14. The van der Waals surface area contributed by atoms with E-state index in [9.17, 15) is 4.79 Å². The summed E-state index contributed by atoms with van der Waals surface area (Å²) in [6.45, 7) is 0. The third kappa shape index (κ3) is 3.32. The molecule has 1 amide bonds. The Labute approximate surface area is 143 Å². The van der Waals surface area contributed by atoms with Crippen LogP contribution in [0.3, 0.4) is 0 Å². The third-order valence-electron chi connectivity index (χ3n) is 3.59. The second kappa shape index (κ2) is 6.45. The first-order valence-corrected chi connectivity index (χ1v) is 7.72. The molecule has 25 heavy (non-hydrogen) atoms. The zero-order chi connectivity index (χ0) is 17.1. The molecule has 0 saturated heterocycles. The van der Waals surface area contributed by atoms with Crippen molar-refractivity contribution in [3.05, 3.63) is 78.6 Å². The third-order valence-corrected chi connectivity index (χ3v) is 3.59. The van der Waals surface area contributed by atoms with Gasteiger partial charge in [0.15, 0.2) is 0 Å². The molecule has 0 atom stereocenters. The standard InChI is InChI=1S/C19H14N4O2/c24-18(23-19-21-16-8-1-2-9-17(16)22-19)13-5-3-6-14(11-13)25-15-7-4-10-20-12-15/h1-12H,(H2,21,22,23,24). The average molecular weight is 330 g/mol. The summed E-state index contributed by atoms with van der Waals surface area (Å²) < 4.78 is 5.70. The number of pyridine rings is 1. The lowest BCUT2D eigenvalue weighted by atomic mass is 10.2. The quantitative estimate of drug-likeness (QED) is 0.592. The van der Waals surface area contributed by atoms with Crippen LogP contribution in [-0.2, 0) is 0 Å². The van der Waals surface area contributed by atoms with Gasteiger partial charge in [-0.2, -0.15) is 0 Å². The Morgan fingerprint density at radius 2 is 1.88 bits per heavy atom. The number of anilines is 1. The van der Waals surface area contributed by atoms with Crippen molar-refractivity contribution in [1.82, 2.24) is 15.0 Å². The van der Waals surface area contributed by atoms with Crippen LogP contribution < -0.4 is 10.1 Å². The van der Waals surface area contributed by atoms with Crippen molar-refractivity contribution in [2.75, 3.05) is 5.32 Å². The summed E-state index contributed by atoms with van der Waals surface area (Å²) in [5, 5.41) is 2.77. The Morgan fingerprint density at radius 1 is 1.00 bits per heavy atom. The number of aromatic amines is 1. The van der Waals surface area contributed by atoms with E-state index in [2.05, 4.69) is 20.3 Å². The summed E-state index contributed by atoms with van der Waals surface area (Å²) in [6, 6.07) is 18.1. The SMILES string of the molecule is O=C(Nc1nc2ccccc2[nH]1)c1cccc(Oc2cccnc2)c1.